The zero-order chi connectivity index (χ0) is 33.9. The Kier molecular flexibility index (Phi) is 8.06. The molecule has 2 atom stereocenters. The Morgan fingerprint density at radius 1 is 0.854 bits per heavy atom. The molecule has 6 aromatic rings. The third-order valence-electron chi connectivity index (χ3n) is 10.1. The summed E-state index contributed by atoms with van der Waals surface area (Å²) in [6.07, 6.45) is 6.68. The van der Waals surface area contributed by atoms with E-state index in [9.17, 15) is 0 Å². The van der Waals surface area contributed by atoms with E-state index in [1.807, 2.05) is 12.3 Å². The SMILES string of the molecule is CC1=CCC[C@H](C)[C@@H]1c1c(C)nn(-c2cc(Oc3ccc4c5ccccc5n(-c5cc(C)ccn5)c4c3)cc(C(C)C)c2)c1C(C)(C)C. The van der Waals surface area contributed by atoms with Crippen molar-refractivity contribution in [2.45, 2.75) is 92.4 Å². The number of rotatable bonds is 6. The zero-order valence-corrected chi connectivity index (χ0v) is 29.9. The summed E-state index contributed by atoms with van der Waals surface area (Å²) in [5, 5.41) is 7.65. The van der Waals surface area contributed by atoms with Crippen LogP contribution >= 0.6 is 0 Å². The van der Waals surface area contributed by atoms with E-state index >= 15 is 0 Å². The van der Waals surface area contributed by atoms with Crippen LogP contribution in [0.1, 0.15) is 101 Å². The number of ether oxygens (including phenoxy) is 1. The van der Waals surface area contributed by atoms with Crippen LogP contribution < -0.4 is 4.74 Å². The lowest BCUT2D eigenvalue weighted by atomic mass is 9.72. The average molecular weight is 637 g/mol. The average Bonchev–Trinajstić information content (AvgIpc) is 3.55. The number of pyridine rings is 1. The second-order valence-electron chi connectivity index (χ2n) is 15.2. The lowest BCUT2D eigenvalue weighted by Crippen LogP contribution is -2.24. The fraction of sp³-hybridized carbons (Fsp3) is 0.349. The van der Waals surface area contributed by atoms with Crippen LogP contribution in [0.2, 0.25) is 0 Å². The Bertz CT molecular complexity index is 2190. The second kappa shape index (κ2) is 12.1. The predicted molar refractivity (Wildman–Crippen MR) is 199 cm³/mol. The van der Waals surface area contributed by atoms with Crippen LogP contribution in [0.25, 0.3) is 33.3 Å². The van der Waals surface area contributed by atoms with Crippen molar-refractivity contribution in [3.8, 4) is 23.0 Å². The van der Waals surface area contributed by atoms with Crippen molar-refractivity contribution in [2.24, 2.45) is 5.92 Å². The standard InChI is InChI=1S/C43H48N4O/c1-26(2)31-22-32(47-42(43(7,8)9)41(30(6)45-47)40-28(4)13-12-14-29(40)5)24-34(23-31)48-33-17-18-36-35-15-10-11-16-37(35)46(38(36)25-33)39-21-27(3)19-20-44-39/h10-11,13,15-26,29,40H,12,14H2,1-9H3/t29-,40+/m0/s1. The van der Waals surface area contributed by atoms with Gasteiger partial charge in [-0.1, -0.05) is 71.4 Å². The molecule has 1 aliphatic carbocycles. The van der Waals surface area contributed by atoms with E-state index in [1.54, 1.807) is 0 Å². The first kappa shape index (κ1) is 31.9. The number of aryl methyl sites for hydroxylation is 2. The van der Waals surface area contributed by atoms with E-state index in [1.165, 1.54) is 45.2 Å². The molecule has 0 saturated carbocycles. The van der Waals surface area contributed by atoms with Gasteiger partial charge in [-0.25, -0.2) is 9.67 Å². The first-order valence-corrected chi connectivity index (χ1v) is 17.5. The van der Waals surface area contributed by atoms with Crippen molar-refractivity contribution in [2.75, 3.05) is 0 Å². The van der Waals surface area contributed by atoms with Gasteiger partial charge in [0.1, 0.15) is 17.3 Å². The number of hydrogen-bond acceptors (Lipinski definition) is 3. The van der Waals surface area contributed by atoms with Gasteiger partial charge in [0.15, 0.2) is 0 Å². The van der Waals surface area contributed by atoms with E-state index in [0.717, 1.165) is 46.2 Å². The van der Waals surface area contributed by atoms with Gasteiger partial charge in [-0.2, -0.15) is 5.10 Å². The summed E-state index contributed by atoms with van der Waals surface area (Å²) >= 11 is 0. The van der Waals surface area contributed by atoms with E-state index in [0.29, 0.717) is 17.8 Å². The monoisotopic (exact) mass is 636 g/mol. The van der Waals surface area contributed by atoms with Crippen molar-refractivity contribution in [1.82, 2.24) is 19.3 Å². The van der Waals surface area contributed by atoms with Crippen molar-refractivity contribution in [1.29, 1.82) is 0 Å². The van der Waals surface area contributed by atoms with Gasteiger partial charge in [-0.05, 0) is 99.0 Å². The van der Waals surface area contributed by atoms with E-state index in [-0.39, 0.29) is 5.41 Å². The maximum absolute atomic E-state index is 6.78. The highest BCUT2D eigenvalue weighted by Crippen LogP contribution is 2.45. The molecule has 246 valence electrons. The third-order valence-corrected chi connectivity index (χ3v) is 10.1. The van der Waals surface area contributed by atoms with E-state index in [4.69, 9.17) is 14.8 Å². The van der Waals surface area contributed by atoms with E-state index in [2.05, 4.69) is 144 Å². The Morgan fingerprint density at radius 2 is 1.62 bits per heavy atom. The number of para-hydroxylation sites is 1. The normalized spacial score (nSPS) is 17.0. The first-order chi connectivity index (χ1) is 22.9. The van der Waals surface area contributed by atoms with Crippen LogP contribution in [0.4, 0.5) is 0 Å². The van der Waals surface area contributed by atoms with Gasteiger partial charge in [-0.3, -0.25) is 4.57 Å². The Labute approximate surface area is 285 Å². The van der Waals surface area contributed by atoms with Crippen LogP contribution in [0.15, 0.2) is 90.6 Å². The van der Waals surface area contributed by atoms with Gasteiger partial charge in [-0.15, -0.1) is 0 Å². The molecule has 3 heterocycles. The van der Waals surface area contributed by atoms with Gasteiger partial charge in [0.05, 0.1) is 28.1 Å². The molecule has 0 saturated heterocycles. The number of fused-ring (bicyclic) bond motifs is 3. The topological polar surface area (TPSA) is 44.9 Å². The van der Waals surface area contributed by atoms with Crippen LogP contribution in [0.5, 0.6) is 11.5 Å². The highest BCUT2D eigenvalue weighted by molar-refractivity contribution is 6.09. The van der Waals surface area contributed by atoms with E-state index < -0.39 is 0 Å². The van der Waals surface area contributed by atoms with Crippen molar-refractivity contribution >= 4 is 21.8 Å². The minimum Gasteiger partial charge on any atom is -0.457 e. The first-order valence-electron chi connectivity index (χ1n) is 17.5. The molecule has 1 aliphatic rings. The highest BCUT2D eigenvalue weighted by atomic mass is 16.5. The highest BCUT2D eigenvalue weighted by Gasteiger charge is 2.35. The van der Waals surface area contributed by atoms with Gasteiger partial charge in [0, 0.05) is 46.0 Å². The molecule has 0 N–H and O–H groups in total. The largest absolute Gasteiger partial charge is 0.457 e. The Balaban J connectivity index is 1.37. The minimum atomic E-state index is -0.106. The number of allylic oxidation sites excluding steroid dienone is 2. The fourth-order valence-corrected chi connectivity index (χ4v) is 7.81. The number of aromatic nitrogens is 4. The Hall–Kier alpha value is -4.64. The maximum atomic E-state index is 6.78. The number of nitrogens with zero attached hydrogens (tertiary/aromatic N) is 4. The summed E-state index contributed by atoms with van der Waals surface area (Å²) in [5.74, 6) is 3.78. The summed E-state index contributed by atoms with van der Waals surface area (Å²) in [7, 11) is 0. The van der Waals surface area contributed by atoms with Crippen LogP contribution in [0, 0.1) is 19.8 Å². The summed E-state index contributed by atoms with van der Waals surface area (Å²) in [4.78, 5) is 4.76. The van der Waals surface area contributed by atoms with Gasteiger partial charge in [0.25, 0.3) is 0 Å². The molecular weight excluding hydrogens is 589 g/mol. The third kappa shape index (κ3) is 5.63. The number of hydrogen-bond donors (Lipinski definition) is 0. The minimum absolute atomic E-state index is 0.106. The summed E-state index contributed by atoms with van der Waals surface area (Å²) in [6, 6.07) is 25.7. The predicted octanol–water partition coefficient (Wildman–Crippen LogP) is 11.7. The molecule has 0 bridgehead atoms. The zero-order valence-electron chi connectivity index (χ0n) is 29.9. The molecule has 0 aliphatic heterocycles. The van der Waals surface area contributed by atoms with Crippen molar-refractivity contribution in [3.05, 3.63) is 119 Å². The molecule has 0 unspecified atom stereocenters. The molecule has 0 radical (unpaired) electrons. The lowest BCUT2D eigenvalue weighted by Gasteiger charge is -2.32. The van der Waals surface area contributed by atoms with Crippen molar-refractivity contribution in [3.63, 3.8) is 0 Å². The summed E-state index contributed by atoms with van der Waals surface area (Å²) in [5.41, 5.74) is 10.8. The molecule has 3 aromatic heterocycles. The van der Waals surface area contributed by atoms with Crippen LogP contribution in [0.3, 0.4) is 0 Å². The van der Waals surface area contributed by atoms with Crippen molar-refractivity contribution < 1.29 is 4.74 Å². The molecule has 48 heavy (non-hydrogen) atoms. The summed E-state index contributed by atoms with van der Waals surface area (Å²) < 4.78 is 11.2. The Morgan fingerprint density at radius 3 is 2.35 bits per heavy atom. The number of benzene rings is 3. The van der Waals surface area contributed by atoms with Gasteiger partial charge >= 0.3 is 0 Å². The smallest absolute Gasteiger partial charge is 0.137 e. The molecule has 0 amide bonds. The molecule has 7 rings (SSSR count). The van der Waals surface area contributed by atoms with Crippen LogP contribution in [-0.4, -0.2) is 19.3 Å². The van der Waals surface area contributed by atoms with Gasteiger partial charge in [0.2, 0.25) is 0 Å². The second-order valence-corrected chi connectivity index (χ2v) is 15.2. The molecule has 3 aromatic carbocycles. The molecule has 0 spiro atoms. The van der Waals surface area contributed by atoms with Crippen LogP contribution in [-0.2, 0) is 5.41 Å². The molecule has 0 fully saturated rings. The maximum Gasteiger partial charge on any atom is 0.137 e. The molecular formula is C43H48N4O. The van der Waals surface area contributed by atoms with Gasteiger partial charge < -0.3 is 4.74 Å². The lowest BCUT2D eigenvalue weighted by molar-refractivity contribution is 0.437. The summed E-state index contributed by atoms with van der Waals surface area (Å²) in [6.45, 7) is 20.4. The quantitative estimate of drug-likeness (QED) is 0.171. The fourth-order valence-electron chi connectivity index (χ4n) is 7.81. The molecule has 5 nitrogen and oxygen atoms in total. The molecule has 5 heteroatoms.